The first-order valence-electron chi connectivity index (χ1n) is 18.4. The van der Waals surface area contributed by atoms with Gasteiger partial charge in [0.1, 0.15) is 11.2 Å². The highest BCUT2D eigenvalue weighted by Gasteiger charge is 2.29. The van der Waals surface area contributed by atoms with Crippen molar-refractivity contribution in [2.24, 2.45) is 0 Å². The van der Waals surface area contributed by atoms with E-state index in [1.54, 1.807) is 45.0 Å². The molecule has 6 rings (SSSR count). The molecule has 5 aromatic rings. The van der Waals surface area contributed by atoms with Crippen LogP contribution in [0.15, 0.2) is 77.9 Å². The van der Waals surface area contributed by atoms with E-state index in [9.17, 15) is 19.5 Å². The fourth-order valence-corrected chi connectivity index (χ4v) is 7.49. The minimum atomic E-state index is -0.708. The number of halogens is 2. The number of aliphatic hydroxyl groups is 1. The van der Waals surface area contributed by atoms with Gasteiger partial charge in [0.25, 0.3) is 5.56 Å². The number of carbonyl (C=O) groups is 2. The number of hydrogen-bond donors (Lipinski definition) is 2. The second-order valence-corrected chi connectivity index (χ2v) is 15.9. The van der Waals surface area contributed by atoms with Crippen molar-refractivity contribution in [3.63, 3.8) is 0 Å². The van der Waals surface area contributed by atoms with Gasteiger partial charge in [-0.2, -0.15) is 0 Å². The number of carbonyl (C=O) groups excluding carboxylic acids is 2. The molecular formula is C42H46Cl2N6O6. The fourth-order valence-electron chi connectivity index (χ4n) is 6.83. The molecule has 1 unspecified atom stereocenters. The van der Waals surface area contributed by atoms with Gasteiger partial charge in [0.05, 0.1) is 41.1 Å². The van der Waals surface area contributed by atoms with E-state index in [1.165, 1.54) is 11.5 Å². The lowest BCUT2D eigenvalue weighted by atomic mass is 9.97. The summed E-state index contributed by atoms with van der Waals surface area (Å²) in [6.07, 6.45) is 3.29. The molecule has 0 aliphatic carbocycles. The lowest BCUT2D eigenvalue weighted by Crippen LogP contribution is -2.43. The van der Waals surface area contributed by atoms with Crippen molar-refractivity contribution in [2.45, 2.75) is 71.4 Å². The van der Waals surface area contributed by atoms with Crippen LogP contribution in [0.2, 0.25) is 10.0 Å². The highest BCUT2D eigenvalue weighted by Crippen LogP contribution is 2.42. The number of methoxy groups -OCH3 is 1. The Morgan fingerprint density at radius 2 is 1.68 bits per heavy atom. The Balaban J connectivity index is 1.28. The van der Waals surface area contributed by atoms with Crippen molar-refractivity contribution in [3.8, 4) is 39.4 Å². The molecule has 14 heteroatoms. The lowest BCUT2D eigenvalue weighted by Gasteiger charge is -2.29. The summed E-state index contributed by atoms with van der Waals surface area (Å²) in [5, 5.41) is 13.5. The first-order chi connectivity index (χ1) is 26.6. The van der Waals surface area contributed by atoms with Crippen LogP contribution in [0.5, 0.6) is 5.88 Å². The number of nitrogens with zero attached hydrogens (tertiary/aromatic N) is 5. The molecule has 12 nitrogen and oxygen atoms in total. The fraction of sp³-hybridized carbons (Fsp3) is 0.357. The maximum absolute atomic E-state index is 13.3. The number of benzene rings is 2. The van der Waals surface area contributed by atoms with Crippen LogP contribution >= 0.6 is 23.2 Å². The Kier molecular flexibility index (Phi) is 12.3. The molecule has 0 bridgehead atoms. The van der Waals surface area contributed by atoms with E-state index in [0.717, 1.165) is 11.1 Å². The highest BCUT2D eigenvalue weighted by molar-refractivity contribution is 6.39. The topological polar surface area (TPSA) is 139 Å². The SMILES string of the molecule is COc1nc(-c2cccc(-c3cccc(-c4ccn5c(=O)c(CN(C)CC(C)O)cnc5c4)c3Cl)c2Cl)ccc1CN(C[C@@H]1CCC(=O)N1)C(=O)OC(C)(C)C. The van der Waals surface area contributed by atoms with Crippen molar-refractivity contribution in [2.75, 3.05) is 27.2 Å². The highest BCUT2D eigenvalue weighted by atomic mass is 35.5. The first kappa shape index (κ1) is 40.6. The molecule has 0 saturated carbocycles. The molecule has 1 fully saturated rings. The molecule has 1 aliphatic rings. The van der Waals surface area contributed by atoms with Crippen molar-refractivity contribution < 1.29 is 24.2 Å². The standard InChI is InChI=1S/C42H46Cl2N6O6/c1-25(51)21-48(5)22-28-20-45-35-19-26(17-18-50(35)40(28)53)30-9-7-10-31(37(30)43)32-11-8-12-33(38(32)44)34-15-13-27(39(47-34)55-6)23-49(41(54)56-42(2,3)4)24-29-14-16-36(52)46-29/h7-13,15,17-20,25,29,51H,14,16,21-24H2,1-6H3,(H,46,52)/t25?,29-/m0/s1. The average molecular weight is 802 g/mol. The van der Waals surface area contributed by atoms with E-state index in [-0.39, 0.29) is 30.6 Å². The smallest absolute Gasteiger partial charge is 0.410 e. The predicted molar refractivity (Wildman–Crippen MR) is 218 cm³/mol. The van der Waals surface area contributed by atoms with Gasteiger partial charge in [-0.15, -0.1) is 0 Å². The Morgan fingerprint density at radius 1 is 1.00 bits per heavy atom. The van der Waals surface area contributed by atoms with Crippen LogP contribution in [-0.2, 0) is 22.6 Å². The van der Waals surface area contributed by atoms with Gasteiger partial charge in [-0.25, -0.2) is 14.8 Å². The zero-order chi connectivity index (χ0) is 40.3. The van der Waals surface area contributed by atoms with Crippen molar-refractivity contribution in [3.05, 3.63) is 105 Å². The molecule has 2 N–H and O–H groups in total. The van der Waals surface area contributed by atoms with E-state index in [2.05, 4.69) is 10.3 Å². The molecule has 294 valence electrons. The predicted octanol–water partition coefficient (Wildman–Crippen LogP) is 7.23. The molecule has 56 heavy (non-hydrogen) atoms. The minimum absolute atomic E-state index is 0.0392. The van der Waals surface area contributed by atoms with Crippen LogP contribution in [-0.4, -0.2) is 86.3 Å². The quantitative estimate of drug-likeness (QED) is 0.134. The molecule has 2 amide bonds. The zero-order valence-corrected chi connectivity index (χ0v) is 33.8. The number of aliphatic hydroxyl groups excluding tert-OH is 1. The molecule has 3 aromatic heterocycles. The summed E-state index contributed by atoms with van der Waals surface area (Å²) < 4.78 is 12.9. The van der Waals surface area contributed by atoms with Crippen LogP contribution in [0.25, 0.3) is 39.2 Å². The summed E-state index contributed by atoms with van der Waals surface area (Å²) in [5.41, 5.74) is 4.86. The minimum Gasteiger partial charge on any atom is -0.481 e. The Bertz CT molecular complexity index is 2320. The Labute approximate surface area is 336 Å². The molecular weight excluding hydrogens is 755 g/mol. The first-order valence-corrected chi connectivity index (χ1v) is 19.1. The lowest BCUT2D eigenvalue weighted by molar-refractivity contribution is -0.119. The number of rotatable bonds is 12. The third-order valence-electron chi connectivity index (χ3n) is 9.34. The van der Waals surface area contributed by atoms with Crippen molar-refractivity contribution in [1.82, 2.24) is 29.5 Å². The monoisotopic (exact) mass is 800 g/mol. The molecule has 1 saturated heterocycles. The normalized spacial score (nSPS) is 14.9. The number of ether oxygens (including phenoxy) is 2. The van der Waals surface area contributed by atoms with Crippen LogP contribution < -0.4 is 15.6 Å². The second-order valence-electron chi connectivity index (χ2n) is 15.1. The Hall–Kier alpha value is -5.01. The van der Waals surface area contributed by atoms with Crippen LogP contribution in [0.4, 0.5) is 4.79 Å². The van der Waals surface area contributed by atoms with Gasteiger partial charge < -0.3 is 24.8 Å². The molecule has 0 radical (unpaired) electrons. The van der Waals surface area contributed by atoms with Crippen molar-refractivity contribution in [1.29, 1.82) is 0 Å². The molecule has 4 heterocycles. The van der Waals surface area contributed by atoms with E-state index in [1.807, 2.05) is 72.6 Å². The third-order valence-corrected chi connectivity index (χ3v) is 10.2. The number of fused-ring (bicyclic) bond motifs is 1. The summed E-state index contributed by atoms with van der Waals surface area (Å²) in [7, 11) is 3.36. The van der Waals surface area contributed by atoms with Gasteiger partial charge in [-0.1, -0.05) is 59.6 Å². The molecule has 0 spiro atoms. The van der Waals surface area contributed by atoms with Gasteiger partial charge >= 0.3 is 6.09 Å². The van der Waals surface area contributed by atoms with Gasteiger partial charge in [-0.05, 0) is 71.0 Å². The number of likely N-dealkylation sites (N-methyl/N-ethyl adjacent to an activating group) is 1. The van der Waals surface area contributed by atoms with Crippen molar-refractivity contribution >= 4 is 40.8 Å². The maximum atomic E-state index is 13.3. The van der Waals surface area contributed by atoms with E-state index in [4.69, 9.17) is 37.7 Å². The number of aromatic nitrogens is 3. The largest absolute Gasteiger partial charge is 0.481 e. The van der Waals surface area contributed by atoms with Gasteiger partial charge in [0, 0.05) is 72.3 Å². The van der Waals surface area contributed by atoms with Crippen LogP contribution in [0.3, 0.4) is 0 Å². The molecule has 2 atom stereocenters. The summed E-state index contributed by atoms with van der Waals surface area (Å²) in [5.74, 6) is 0.276. The van der Waals surface area contributed by atoms with E-state index < -0.39 is 17.8 Å². The summed E-state index contributed by atoms with van der Waals surface area (Å²) in [6, 6.07) is 18.5. The Morgan fingerprint density at radius 3 is 2.32 bits per heavy atom. The van der Waals surface area contributed by atoms with Crippen LogP contribution in [0, 0.1) is 0 Å². The average Bonchev–Trinajstić information content (AvgIpc) is 3.56. The zero-order valence-electron chi connectivity index (χ0n) is 32.3. The number of nitrogens with one attached hydrogen (secondary N) is 1. The third kappa shape index (κ3) is 9.33. The summed E-state index contributed by atoms with van der Waals surface area (Å²) in [6.45, 7) is 8.34. The van der Waals surface area contributed by atoms with Crippen LogP contribution in [0.1, 0.15) is 51.7 Å². The maximum Gasteiger partial charge on any atom is 0.410 e. The summed E-state index contributed by atoms with van der Waals surface area (Å²) in [4.78, 5) is 51.3. The molecule has 2 aromatic carbocycles. The van der Waals surface area contributed by atoms with E-state index in [0.29, 0.717) is 81.0 Å². The van der Waals surface area contributed by atoms with Gasteiger partial charge in [-0.3, -0.25) is 18.9 Å². The number of amides is 2. The van der Waals surface area contributed by atoms with E-state index >= 15 is 0 Å². The number of hydrogen-bond acceptors (Lipinski definition) is 9. The molecule has 1 aliphatic heterocycles. The van der Waals surface area contributed by atoms with Gasteiger partial charge in [0.15, 0.2) is 0 Å². The second kappa shape index (κ2) is 17.0. The van der Waals surface area contributed by atoms with Gasteiger partial charge in [0.2, 0.25) is 11.8 Å². The summed E-state index contributed by atoms with van der Waals surface area (Å²) >= 11 is 14.3. The number of pyridine rings is 2.